The van der Waals surface area contributed by atoms with Crippen molar-refractivity contribution in [2.24, 2.45) is 7.05 Å². The third-order valence-corrected chi connectivity index (χ3v) is 6.08. The van der Waals surface area contributed by atoms with E-state index >= 15 is 0 Å². The fourth-order valence-electron chi connectivity index (χ4n) is 3.77. The van der Waals surface area contributed by atoms with Gasteiger partial charge in [0.15, 0.2) is 0 Å². The maximum Gasteiger partial charge on any atom is 0.138 e. The summed E-state index contributed by atoms with van der Waals surface area (Å²) in [6, 6.07) is 14.7. The quantitative estimate of drug-likeness (QED) is 0.430. The van der Waals surface area contributed by atoms with Crippen molar-refractivity contribution in [1.82, 2.24) is 29.9 Å². The second-order valence-electron chi connectivity index (χ2n) is 7.02. The number of benzene rings is 1. The van der Waals surface area contributed by atoms with Crippen LogP contribution in [0.15, 0.2) is 66.4 Å². The lowest BCUT2D eigenvalue weighted by Gasteiger charge is -1.99. The van der Waals surface area contributed by atoms with Gasteiger partial charge in [-0.1, -0.05) is 12.1 Å². The minimum absolute atomic E-state index is 0.866. The molecule has 6 nitrogen and oxygen atoms in total. The molecule has 0 aliphatic heterocycles. The Morgan fingerprint density at radius 3 is 2.83 bits per heavy atom. The number of aromatic amines is 2. The molecule has 140 valence electrons. The Balaban J connectivity index is 1.53. The minimum atomic E-state index is 0.866. The molecule has 0 atom stereocenters. The van der Waals surface area contributed by atoms with E-state index in [1.54, 1.807) is 11.3 Å². The zero-order valence-corrected chi connectivity index (χ0v) is 16.4. The molecule has 5 aromatic heterocycles. The predicted octanol–water partition coefficient (Wildman–Crippen LogP) is 5.24. The highest BCUT2D eigenvalue weighted by atomic mass is 32.1. The highest BCUT2D eigenvalue weighted by Crippen LogP contribution is 2.35. The molecule has 0 spiro atoms. The lowest BCUT2D eigenvalue weighted by atomic mass is 10.1. The summed E-state index contributed by atoms with van der Waals surface area (Å²) in [7, 11) is 1.92. The van der Waals surface area contributed by atoms with Gasteiger partial charge in [0, 0.05) is 46.2 Å². The summed E-state index contributed by atoms with van der Waals surface area (Å²) in [5, 5.41) is 16.3. The van der Waals surface area contributed by atoms with Gasteiger partial charge in [0.25, 0.3) is 0 Å². The monoisotopic (exact) mass is 396 g/mol. The molecule has 1 aromatic carbocycles. The Morgan fingerprint density at radius 1 is 1.03 bits per heavy atom. The van der Waals surface area contributed by atoms with Crippen molar-refractivity contribution in [3.63, 3.8) is 0 Å². The number of thiophene rings is 1. The maximum atomic E-state index is 4.59. The normalized spacial score (nSPS) is 11.6. The van der Waals surface area contributed by atoms with Crippen molar-refractivity contribution in [1.29, 1.82) is 0 Å². The number of aromatic nitrogens is 6. The largest absolute Gasteiger partial charge is 0.338 e. The Hall–Kier alpha value is -3.71. The van der Waals surface area contributed by atoms with Crippen LogP contribution in [0.4, 0.5) is 0 Å². The lowest BCUT2D eigenvalue weighted by molar-refractivity contribution is 0.768. The van der Waals surface area contributed by atoms with Gasteiger partial charge in [-0.3, -0.25) is 9.78 Å². The topological polar surface area (TPSA) is 75.2 Å². The van der Waals surface area contributed by atoms with Crippen LogP contribution >= 0.6 is 11.3 Å². The first-order valence-electron chi connectivity index (χ1n) is 9.25. The van der Waals surface area contributed by atoms with E-state index < -0.39 is 0 Å². The zero-order chi connectivity index (χ0) is 19.4. The first-order valence-corrected chi connectivity index (χ1v) is 10.1. The first kappa shape index (κ1) is 16.3. The molecule has 6 aromatic rings. The summed E-state index contributed by atoms with van der Waals surface area (Å²) in [6.07, 6.45) is 5.74. The molecule has 0 amide bonds. The molecule has 0 saturated carbocycles. The summed E-state index contributed by atoms with van der Waals surface area (Å²) in [6.45, 7) is 0. The molecule has 7 heteroatoms. The van der Waals surface area contributed by atoms with Gasteiger partial charge in [0.2, 0.25) is 0 Å². The van der Waals surface area contributed by atoms with E-state index in [-0.39, 0.29) is 0 Å². The van der Waals surface area contributed by atoms with Gasteiger partial charge in [-0.15, -0.1) is 11.3 Å². The Bertz CT molecular complexity index is 1470. The van der Waals surface area contributed by atoms with Gasteiger partial charge in [-0.05, 0) is 41.3 Å². The molecular weight excluding hydrogens is 380 g/mol. The number of hydrogen-bond acceptors (Lipinski definition) is 4. The first-order chi connectivity index (χ1) is 14.3. The van der Waals surface area contributed by atoms with Crippen LogP contribution in [-0.2, 0) is 7.05 Å². The summed E-state index contributed by atoms with van der Waals surface area (Å²) in [4.78, 5) is 9.21. The third-order valence-electron chi connectivity index (χ3n) is 5.17. The number of fused-ring (bicyclic) bond motifs is 2. The van der Waals surface area contributed by atoms with E-state index in [9.17, 15) is 0 Å². The van der Waals surface area contributed by atoms with Crippen molar-refractivity contribution in [3.05, 3.63) is 66.4 Å². The van der Waals surface area contributed by atoms with Crippen LogP contribution in [0.3, 0.4) is 0 Å². The smallest absolute Gasteiger partial charge is 0.138 e. The van der Waals surface area contributed by atoms with Crippen molar-refractivity contribution >= 4 is 33.3 Å². The van der Waals surface area contributed by atoms with E-state index in [0.29, 0.717) is 0 Å². The molecule has 0 radical (unpaired) electrons. The number of hydrogen-bond donors (Lipinski definition) is 2. The van der Waals surface area contributed by atoms with Crippen molar-refractivity contribution in [2.45, 2.75) is 0 Å². The number of nitrogens with one attached hydrogen (secondary N) is 2. The second kappa shape index (κ2) is 6.15. The Morgan fingerprint density at radius 2 is 2.00 bits per heavy atom. The van der Waals surface area contributed by atoms with Crippen LogP contribution in [-0.4, -0.2) is 29.9 Å². The van der Waals surface area contributed by atoms with Crippen LogP contribution in [0.2, 0.25) is 0 Å². The summed E-state index contributed by atoms with van der Waals surface area (Å²) in [5.74, 6) is 0. The average Bonchev–Trinajstić information content (AvgIpc) is 3.51. The van der Waals surface area contributed by atoms with Crippen molar-refractivity contribution < 1.29 is 0 Å². The third kappa shape index (κ3) is 2.59. The Kier molecular flexibility index (Phi) is 3.45. The lowest BCUT2D eigenvalue weighted by Crippen LogP contribution is -1.84. The van der Waals surface area contributed by atoms with Crippen LogP contribution < -0.4 is 0 Å². The fourth-order valence-corrected chi connectivity index (χ4v) is 4.54. The molecule has 0 saturated heterocycles. The van der Waals surface area contributed by atoms with Gasteiger partial charge < -0.3 is 4.98 Å². The van der Waals surface area contributed by atoms with Gasteiger partial charge in [0.05, 0.1) is 17.4 Å². The SMILES string of the molecule is Cn1cc(-c2ccc3[nH]nc(-c4cc5c(-c6cccs6)ccnc5[nH]4)c3c2)cn1. The minimum Gasteiger partial charge on any atom is -0.338 e. The number of nitrogens with zero attached hydrogens (tertiary/aromatic N) is 4. The summed E-state index contributed by atoms with van der Waals surface area (Å²) >= 11 is 1.73. The van der Waals surface area contributed by atoms with Gasteiger partial charge >= 0.3 is 0 Å². The highest BCUT2D eigenvalue weighted by Gasteiger charge is 2.15. The molecule has 0 aliphatic carbocycles. The van der Waals surface area contributed by atoms with E-state index in [4.69, 9.17) is 0 Å². The molecule has 0 bridgehead atoms. The molecular formula is C22H16N6S. The van der Waals surface area contributed by atoms with Crippen LogP contribution in [0.5, 0.6) is 0 Å². The summed E-state index contributed by atoms with van der Waals surface area (Å²) in [5.41, 5.74) is 7.08. The van der Waals surface area contributed by atoms with E-state index in [2.05, 4.69) is 73.1 Å². The second-order valence-corrected chi connectivity index (χ2v) is 7.96. The number of pyridine rings is 1. The molecule has 0 unspecified atom stereocenters. The maximum absolute atomic E-state index is 4.59. The van der Waals surface area contributed by atoms with Crippen molar-refractivity contribution in [2.75, 3.05) is 0 Å². The van der Waals surface area contributed by atoms with E-state index in [1.165, 1.54) is 10.4 Å². The Labute approximate surface area is 169 Å². The van der Waals surface area contributed by atoms with E-state index in [1.807, 2.05) is 30.3 Å². The number of aryl methyl sites for hydroxylation is 1. The standard InChI is InChI=1S/C22H16N6S/c1-28-12-14(11-24-28)13-4-5-18-17(9-13)21(27-26-18)19-10-16-15(20-3-2-8-29-20)6-7-23-22(16)25-19/h2-12H,1H3,(H,23,25)(H,26,27). The van der Waals surface area contributed by atoms with Gasteiger partial charge in [-0.25, -0.2) is 4.98 Å². The highest BCUT2D eigenvalue weighted by molar-refractivity contribution is 7.13. The molecule has 5 heterocycles. The predicted molar refractivity (Wildman–Crippen MR) is 117 cm³/mol. The molecule has 0 fully saturated rings. The van der Waals surface area contributed by atoms with Gasteiger partial charge in [-0.2, -0.15) is 10.2 Å². The number of rotatable bonds is 3. The van der Waals surface area contributed by atoms with Crippen LogP contribution in [0.1, 0.15) is 0 Å². The zero-order valence-electron chi connectivity index (χ0n) is 15.5. The molecule has 2 N–H and O–H groups in total. The molecule has 0 aliphatic rings. The molecule has 29 heavy (non-hydrogen) atoms. The van der Waals surface area contributed by atoms with Crippen molar-refractivity contribution in [3.8, 4) is 33.0 Å². The average molecular weight is 396 g/mol. The van der Waals surface area contributed by atoms with Crippen LogP contribution in [0.25, 0.3) is 54.9 Å². The molecule has 6 rings (SSSR count). The number of H-pyrrole nitrogens is 2. The fraction of sp³-hybridized carbons (Fsp3) is 0.0455. The van der Waals surface area contributed by atoms with E-state index in [0.717, 1.165) is 44.5 Å². The van der Waals surface area contributed by atoms with Crippen LogP contribution in [0, 0.1) is 0 Å². The summed E-state index contributed by atoms with van der Waals surface area (Å²) < 4.78 is 1.81. The van der Waals surface area contributed by atoms with Gasteiger partial charge in [0.1, 0.15) is 11.3 Å².